The maximum atomic E-state index is 10.7. The lowest BCUT2D eigenvalue weighted by atomic mass is 9.76. The van der Waals surface area contributed by atoms with Gasteiger partial charge in [0, 0.05) is 5.92 Å². The van der Waals surface area contributed by atoms with Gasteiger partial charge in [0.15, 0.2) is 0 Å². The van der Waals surface area contributed by atoms with Gasteiger partial charge in [0.2, 0.25) is 0 Å². The number of rotatable bonds is 3. The molecule has 0 saturated heterocycles. The summed E-state index contributed by atoms with van der Waals surface area (Å²) in [4.78, 5) is 0. The highest BCUT2D eigenvalue weighted by Crippen LogP contribution is 2.49. The quantitative estimate of drug-likeness (QED) is 0.835. The zero-order valence-corrected chi connectivity index (χ0v) is 12.1. The van der Waals surface area contributed by atoms with Gasteiger partial charge in [-0.25, -0.2) is 0 Å². The van der Waals surface area contributed by atoms with Crippen LogP contribution in [0, 0.1) is 22.7 Å². The minimum atomic E-state index is -0.784. The maximum absolute atomic E-state index is 10.7. The van der Waals surface area contributed by atoms with Crippen LogP contribution in [0.2, 0.25) is 0 Å². The molecule has 20 heavy (non-hydrogen) atoms. The predicted molar refractivity (Wildman–Crippen MR) is 75.9 cm³/mol. The first-order chi connectivity index (χ1) is 9.66. The van der Waals surface area contributed by atoms with Crippen molar-refractivity contribution in [1.82, 2.24) is 0 Å². The second-order valence-corrected chi connectivity index (χ2v) is 6.64. The summed E-state index contributed by atoms with van der Waals surface area (Å²) in [6.07, 6.45) is 6.33. The van der Waals surface area contributed by atoms with E-state index >= 15 is 0 Å². The Labute approximate surface area is 120 Å². The van der Waals surface area contributed by atoms with E-state index in [0.717, 1.165) is 31.4 Å². The molecule has 3 heteroatoms. The molecule has 1 aromatic heterocycles. The molecule has 1 aromatic rings. The summed E-state index contributed by atoms with van der Waals surface area (Å²) in [5.41, 5.74) is -0.652. The van der Waals surface area contributed by atoms with Gasteiger partial charge in [-0.1, -0.05) is 32.6 Å². The standard InChI is InChI=1S/C17H23NO2/c1-12-10-13(12)14-6-7-15(20-14)16(19)17(11-18)8-4-2-3-5-9-17/h6-7,12-13,16,19H,2-5,8-10H2,1H3. The van der Waals surface area contributed by atoms with E-state index in [1.54, 1.807) is 0 Å². The Hall–Kier alpha value is -1.27. The number of aliphatic hydroxyl groups excluding tert-OH is 1. The van der Waals surface area contributed by atoms with Crippen molar-refractivity contribution in [3.8, 4) is 6.07 Å². The Balaban J connectivity index is 1.80. The molecule has 1 heterocycles. The van der Waals surface area contributed by atoms with Crippen LogP contribution in [0.5, 0.6) is 0 Å². The van der Waals surface area contributed by atoms with Crippen LogP contribution in [-0.4, -0.2) is 5.11 Å². The molecule has 2 aliphatic carbocycles. The van der Waals surface area contributed by atoms with Crippen LogP contribution in [0.1, 0.15) is 75.4 Å². The van der Waals surface area contributed by atoms with Crippen LogP contribution in [-0.2, 0) is 0 Å². The minimum Gasteiger partial charge on any atom is -0.463 e. The second-order valence-electron chi connectivity index (χ2n) is 6.64. The molecule has 0 bridgehead atoms. The number of nitriles is 1. The monoisotopic (exact) mass is 273 g/mol. The second kappa shape index (κ2) is 5.26. The lowest BCUT2D eigenvalue weighted by molar-refractivity contribution is 0.0328. The molecule has 1 N–H and O–H groups in total. The molecule has 3 atom stereocenters. The van der Waals surface area contributed by atoms with E-state index in [-0.39, 0.29) is 0 Å². The molecule has 3 rings (SSSR count). The first-order valence-electron chi connectivity index (χ1n) is 7.85. The van der Waals surface area contributed by atoms with Gasteiger partial charge in [-0.3, -0.25) is 0 Å². The van der Waals surface area contributed by atoms with E-state index in [4.69, 9.17) is 4.42 Å². The molecule has 0 amide bonds. The Morgan fingerprint density at radius 2 is 1.95 bits per heavy atom. The van der Waals surface area contributed by atoms with Gasteiger partial charge in [-0.05, 0) is 37.3 Å². The average Bonchev–Trinajstić information content (AvgIpc) is 3.08. The largest absolute Gasteiger partial charge is 0.463 e. The lowest BCUT2D eigenvalue weighted by Gasteiger charge is -2.29. The van der Waals surface area contributed by atoms with Gasteiger partial charge in [0.05, 0.1) is 11.5 Å². The van der Waals surface area contributed by atoms with Crippen LogP contribution < -0.4 is 0 Å². The maximum Gasteiger partial charge on any atom is 0.134 e. The van der Waals surface area contributed by atoms with Crippen molar-refractivity contribution < 1.29 is 9.52 Å². The van der Waals surface area contributed by atoms with E-state index in [1.165, 1.54) is 19.3 Å². The summed E-state index contributed by atoms with van der Waals surface area (Å²) in [5.74, 6) is 2.77. The zero-order valence-electron chi connectivity index (χ0n) is 12.1. The van der Waals surface area contributed by atoms with Crippen molar-refractivity contribution in [2.24, 2.45) is 11.3 Å². The highest BCUT2D eigenvalue weighted by molar-refractivity contribution is 5.21. The third-order valence-electron chi connectivity index (χ3n) is 5.13. The molecule has 2 fully saturated rings. The van der Waals surface area contributed by atoms with E-state index in [0.29, 0.717) is 17.6 Å². The minimum absolute atomic E-state index is 0.517. The summed E-state index contributed by atoms with van der Waals surface area (Å²) >= 11 is 0. The average molecular weight is 273 g/mol. The van der Waals surface area contributed by atoms with Crippen LogP contribution in [0.25, 0.3) is 0 Å². The van der Waals surface area contributed by atoms with Crippen molar-refractivity contribution in [2.75, 3.05) is 0 Å². The number of hydrogen-bond donors (Lipinski definition) is 1. The highest BCUT2D eigenvalue weighted by atomic mass is 16.4. The SMILES string of the molecule is CC1CC1c1ccc(C(O)C2(C#N)CCCCCC2)o1. The van der Waals surface area contributed by atoms with E-state index in [1.807, 2.05) is 12.1 Å². The number of hydrogen-bond acceptors (Lipinski definition) is 3. The Bertz CT molecular complexity index is 505. The van der Waals surface area contributed by atoms with E-state index in [2.05, 4.69) is 13.0 Å². The van der Waals surface area contributed by atoms with Crippen LogP contribution in [0.3, 0.4) is 0 Å². The van der Waals surface area contributed by atoms with Crippen LogP contribution >= 0.6 is 0 Å². The zero-order chi connectivity index (χ0) is 14.2. The van der Waals surface area contributed by atoms with Crippen molar-refractivity contribution in [3.05, 3.63) is 23.7 Å². The summed E-state index contributed by atoms with van der Waals surface area (Å²) in [7, 11) is 0. The van der Waals surface area contributed by atoms with Gasteiger partial charge in [-0.15, -0.1) is 0 Å². The molecular weight excluding hydrogens is 250 g/mol. The molecule has 3 unspecified atom stereocenters. The summed E-state index contributed by atoms with van der Waals surface area (Å²) < 4.78 is 5.86. The summed E-state index contributed by atoms with van der Waals surface area (Å²) in [5, 5.41) is 20.3. The van der Waals surface area contributed by atoms with Gasteiger partial charge in [0.25, 0.3) is 0 Å². The first kappa shape index (κ1) is 13.7. The molecule has 2 aliphatic rings. The number of furan rings is 1. The highest BCUT2D eigenvalue weighted by Gasteiger charge is 2.42. The first-order valence-corrected chi connectivity index (χ1v) is 7.85. The van der Waals surface area contributed by atoms with Crippen molar-refractivity contribution >= 4 is 0 Å². The van der Waals surface area contributed by atoms with Gasteiger partial charge in [-0.2, -0.15) is 5.26 Å². The molecule has 108 valence electrons. The molecule has 2 saturated carbocycles. The Morgan fingerprint density at radius 3 is 2.50 bits per heavy atom. The molecule has 0 aliphatic heterocycles. The third-order valence-corrected chi connectivity index (χ3v) is 5.13. The summed E-state index contributed by atoms with van der Waals surface area (Å²) in [6, 6.07) is 6.26. The van der Waals surface area contributed by atoms with Crippen LogP contribution in [0.15, 0.2) is 16.5 Å². The van der Waals surface area contributed by atoms with E-state index < -0.39 is 11.5 Å². The third kappa shape index (κ3) is 2.38. The van der Waals surface area contributed by atoms with Crippen molar-refractivity contribution in [1.29, 1.82) is 5.26 Å². The smallest absolute Gasteiger partial charge is 0.134 e. The topological polar surface area (TPSA) is 57.2 Å². The molecule has 3 nitrogen and oxygen atoms in total. The van der Waals surface area contributed by atoms with Crippen molar-refractivity contribution in [2.45, 2.75) is 63.9 Å². The fourth-order valence-corrected chi connectivity index (χ4v) is 3.51. The van der Waals surface area contributed by atoms with Crippen molar-refractivity contribution in [3.63, 3.8) is 0 Å². The summed E-state index contributed by atoms with van der Waals surface area (Å²) in [6.45, 7) is 2.21. The fourth-order valence-electron chi connectivity index (χ4n) is 3.51. The van der Waals surface area contributed by atoms with Gasteiger partial charge < -0.3 is 9.52 Å². The van der Waals surface area contributed by atoms with Gasteiger partial charge >= 0.3 is 0 Å². The number of aliphatic hydroxyl groups is 1. The lowest BCUT2D eigenvalue weighted by Crippen LogP contribution is -2.26. The fraction of sp³-hybridized carbons (Fsp3) is 0.706. The van der Waals surface area contributed by atoms with Crippen LogP contribution in [0.4, 0.5) is 0 Å². The van der Waals surface area contributed by atoms with E-state index in [9.17, 15) is 10.4 Å². The molecular formula is C17H23NO2. The van der Waals surface area contributed by atoms with Gasteiger partial charge in [0.1, 0.15) is 17.6 Å². The normalized spacial score (nSPS) is 30.2. The molecule has 0 radical (unpaired) electrons. The Morgan fingerprint density at radius 1 is 1.30 bits per heavy atom. The molecule has 0 aromatic carbocycles. The number of nitrogens with zero attached hydrogens (tertiary/aromatic N) is 1. The Kier molecular flexibility index (Phi) is 3.60. The molecule has 0 spiro atoms. The predicted octanol–water partition coefficient (Wildman–Crippen LogP) is 4.30.